The molecule has 1 fully saturated rings. The zero-order valence-corrected chi connectivity index (χ0v) is 14.0. The Morgan fingerprint density at radius 3 is 2.48 bits per heavy atom. The van der Waals surface area contributed by atoms with E-state index in [1.165, 1.54) is 17.7 Å². The van der Waals surface area contributed by atoms with E-state index in [1.807, 2.05) is 7.05 Å². The molecule has 21 heavy (non-hydrogen) atoms. The lowest BCUT2D eigenvalue weighted by Gasteiger charge is -2.38. The normalized spacial score (nSPS) is 18.0. The third kappa shape index (κ3) is 4.17. The van der Waals surface area contributed by atoms with Crippen molar-refractivity contribution >= 4 is 5.82 Å². The van der Waals surface area contributed by atoms with E-state index in [9.17, 15) is 0 Å². The molecule has 0 amide bonds. The molecule has 0 aromatic carbocycles. The molecule has 1 atom stereocenters. The Hall–Kier alpha value is -1.13. The smallest absolute Gasteiger partial charge is 0.129 e. The molecule has 1 aliphatic heterocycles. The van der Waals surface area contributed by atoms with Crippen LogP contribution in [-0.2, 0) is 13.0 Å². The summed E-state index contributed by atoms with van der Waals surface area (Å²) in [5.41, 5.74) is 2.53. The van der Waals surface area contributed by atoms with Crippen LogP contribution in [0.2, 0.25) is 0 Å². The number of piperazine rings is 1. The van der Waals surface area contributed by atoms with E-state index in [0.717, 1.165) is 45.0 Å². The molecule has 1 aromatic heterocycles. The first-order chi connectivity index (χ1) is 10.2. The maximum atomic E-state index is 4.83. The molecule has 1 saturated heterocycles. The standard InChI is InChI=1S/C17H30N4/c1-5-14(3)20-7-9-21(10-8-20)17-12-15(13-18-4)11-16(6-2)19-17/h11-12,14,18H,5-10,13H2,1-4H3. The lowest BCUT2D eigenvalue weighted by atomic mass is 10.1. The summed E-state index contributed by atoms with van der Waals surface area (Å²) in [6, 6.07) is 5.16. The van der Waals surface area contributed by atoms with E-state index in [4.69, 9.17) is 4.98 Å². The molecule has 4 heteroatoms. The van der Waals surface area contributed by atoms with Gasteiger partial charge in [-0.3, -0.25) is 4.90 Å². The van der Waals surface area contributed by atoms with Crippen molar-refractivity contribution in [1.82, 2.24) is 15.2 Å². The van der Waals surface area contributed by atoms with Gasteiger partial charge in [-0.25, -0.2) is 4.98 Å². The van der Waals surface area contributed by atoms with Crippen LogP contribution in [0.25, 0.3) is 0 Å². The van der Waals surface area contributed by atoms with Gasteiger partial charge in [0.25, 0.3) is 0 Å². The molecule has 1 aliphatic rings. The molecule has 0 spiro atoms. The average molecular weight is 290 g/mol. The molecule has 4 nitrogen and oxygen atoms in total. The molecule has 0 bridgehead atoms. The van der Waals surface area contributed by atoms with Gasteiger partial charge in [0, 0.05) is 44.5 Å². The second-order valence-corrected chi connectivity index (χ2v) is 5.99. The summed E-state index contributed by atoms with van der Waals surface area (Å²) >= 11 is 0. The molecular weight excluding hydrogens is 260 g/mol. The van der Waals surface area contributed by atoms with Gasteiger partial charge in [0.1, 0.15) is 5.82 Å². The summed E-state index contributed by atoms with van der Waals surface area (Å²) in [5.74, 6) is 1.16. The molecule has 0 radical (unpaired) electrons. The van der Waals surface area contributed by atoms with Gasteiger partial charge in [-0.1, -0.05) is 13.8 Å². The van der Waals surface area contributed by atoms with Crippen LogP contribution in [0, 0.1) is 0 Å². The highest BCUT2D eigenvalue weighted by Gasteiger charge is 2.21. The van der Waals surface area contributed by atoms with Crippen molar-refractivity contribution in [2.24, 2.45) is 0 Å². The predicted octanol–water partition coefficient (Wildman–Crippen LogP) is 2.28. The number of hydrogen-bond acceptors (Lipinski definition) is 4. The average Bonchev–Trinajstić information content (AvgIpc) is 2.54. The van der Waals surface area contributed by atoms with Crippen molar-refractivity contribution in [3.8, 4) is 0 Å². The SMILES string of the molecule is CCc1cc(CNC)cc(N2CCN(C(C)CC)CC2)n1. The van der Waals surface area contributed by atoms with Gasteiger partial charge in [-0.05, 0) is 44.5 Å². The zero-order chi connectivity index (χ0) is 15.2. The van der Waals surface area contributed by atoms with Crippen LogP contribution in [0.5, 0.6) is 0 Å². The third-order valence-corrected chi connectivity index (χ3v) is 4.52. The Morgan fingerprint density at radius 2 is 1.90 bits per heavy atom. The maximum absolute atomic E-state index is 4.83. The minimum Gasteiger partial charge on any atom is -0.354 e. The number of hydrogen-bond donors (Lipinski definition) is 1. The summed E-state index contributed by atoms with van der Waals surface area (Å²) < 4.78 is 0. The third-order valence-electron chi connectivity index (χ3n) is 4.52. The predicted molar refractivity (Wildman–Crippen MR) is 89.9 cm³/mol. The Balaban J connectivity index is 2.07. The summed E-state index contributed by atoms with van der Waals surface area (Å²) in [6.45, 7) is 12.2. The van der Waals surface area contributed by atoms with Crippen LogP contribution in [0.4, 0.5) is 5.82 Å². The van der Waals surface area contributed by atoms with Gasteiger partial charge in [-0.2, -0.15) is 0 Å². The maximum Gasteiger partial charge on any atom is 0.129 e. The van der Waals surface area contributed by atoms with Crippen molar-refractivity contribution in [2.75, 3.05) is 38.1 Å². The van der Waals surface area contributed by atoms with Crippen LogP contribution in [0.1, 0.15) is 38.4 Å². The second kappa shape index (κ2) is 7.76. The highest BCUT2D eigenvalue weighted by Crippen LogP contribution is 2.19. The number of pyridine rings is 1. The lowest BCUT2D eigenvalue weighted by molar-refractivity contribution is 0.192. The van der Waals surface area contributed by atoms with Crippen LogP contribution in [0.3, 0.4) is 0 Å². The van der Waals surface area contributed by atoms with E-state index < -0.39 is 0 Å². The van der Waals surface area contributed by atoms with Crippen LogP contribution in [-0.4, -0.2) is 49.2 Å². The highest BCUT2D eigenvalue weighted by atomic mass is 15.3. The zero-order valence-electron chi connectivity index (χ0n) is 14.0. The Morgan fingerprint density at radius 1 is 1.19 bits per heavy atom. The van der Waals surface area contributed by atoms with Gasteiger partial charge >= 0.3 is 0 Å². The topological polar surface area (TPSA) is 31.4 Å². The number of rotatable bonds is 6. The van der Waals surface area contributed by atoms with Crippen LogP contribution < -0.4 is 10.2 Å². The van der Waals surface area contributed by atoms with Crippen molar-refractivity contribution in [2.45, 2.75) is 46.2 Å². The van der Waals surface area contributed by atoms with Gasteiger partial charge in [-0.15, -0.1) is 0 Å². The van der Waals surface area contributed by atoms with Crippen molar-refractivity contribution in [3.05, 3.63) is 23.4 Å². The first-order valence-electron chi connectivity index (χ1n) is 8.31. The first-order valence-corrected chi connectivity index (χ1v) is 8.31. The molecular formula is C17H30N4. The number of nitrogens with zero attached hydrogens (tertiary/aromatic N) is 3. The Labute approximate surface area is 129 Å². The summed E-state index contributed by atoms with van der Waals surface area (Å²) in [5, 5.41) is 3.24. The van der Waals surface area contributed by atoms with E-state index >= 15 is 0 Å². The molecule has 1 N–H and O–H groups in total. The minimum atomic E-state index is 0.696. The van der Waals surface area contributed by atoms with Gasteiger partial charge in [0.05, 0.1) is 0 Å². The van der Waals surface area contributed by atoms with Gasteiger partial charge in [0.15, 0.2) is 0 Å². The fourth-order valence-electron chi connectivity index (χ4n) is 2.93. The van der Waals surface area contributed by atoms with E-state index in [2.05, 4.69) is 48.0 Å². The Bertz CT molecular complexity index is 438. The number of aromatic nitrogens is 1. The molecule has 0 saturated carbocycles. The monoisotopic (exact) mass is 290 g/mol. The molecule has 1 aromatic rings. The minimum absolute atomic E-state index is 0.696. The second-order valence-electron chi connectivity index (χ2n) is 5.99. The Kier molecular flexibility index (Phi) is 6.00. The summed E-state index contributed by atoms with van der Waals surface area (Å²) in [4.78, 5) is 9.86. The van der Waals surface area contributed by atoms with Crippen LogP contribution in [0.15, 0.2) is 12.1 Å². The van der Waals surface area contributed by atoms with Gasteiger partial charge in [0.2, 0.25) is 0 Å². The van der Waals surface area contributed by atoms with E-state index in [1.54, 1.807) is 0 Å². The fourth-order valence-corrected chi connectivity index (χ4v) is 2.93. The number of nitrogens with one attached hydrogen (secondary N) is 1. The van der Waals surface area contributed by atoms with Gasteiger partial charge < -0.3 is 10.2 Å². The molecule has 2 rings (SSSR count). The van der Waals surface area contributed by atoms with Crippen LogP contribution >= 0.6 is 0 Å². The van der Waals surface area contributed by atoms with E-state index in [0.29, 0.717) is 6.04 Å². The van der Waals surface area contributed by atoms with Crippen molar-refractivity contribution < 1.29 is 0 Å². The quantitative estimate of drug-likeness (QED) is 0.871. The summed E-state index contributed by atoms with van der Waals surface area (Å²) in [6.07, 6.45) is 2.23. The van der Waals surface area contributed by atoms with Crippen molar-refractivity contribution in [3.63, 3.8) is 0 Å². The summed E-state index contributed by atoms with van der Waals surface area (Å²) in [7, 11) is 2.00. The highest BCUT2D eigenvalue weighted by molar-refractivity contribution is 5.43. The largest absolute Gasteiger partial charge is 0.354 e. The molecule has 1 unspecified atom stereocenters. The van der Waals surface area contributed by atoms with Crippen molar-refractivity contribution in [1.29, 1.82) is 0 Å². The molecule has 0 aliphatic carbocycles. The van der Waals surface area contributed by atoms with E-state index in [-0.39, 0.29) is 0 Å². The fraction of sp³-hybridized carbons (Fsp3) is 0.706. The lowest BCUT2D eigenvalue weighted by Crippen LogP contribution is -2.49. The first kappa shape index (κ1) is 16.2. The number of aryl methyl sites for hydroxylation is 1. The molecule has 2 heterocycles. The number of anilines is 1. The molecule has 118 valence electrons.